The number of fused-ring (bicyclic) bond motifs is 1. The molecule has 0 fully saturated rings. The van der Waals surface area contributed by atoms with Crippen LogP contribution in [0.2, 0.25) is 0 Å². The van der Waals surface area contributed by atoms with E-state index in [1.54, 1.807) is 32.4 Å². The number of methoxy groups -OCH3 is 2. The van der Waals surface area contributed by atoms with Crippen molar-refractivity contribution in [3.63, 3.8) is 0 Å². The van der Waals surface area contributed by atoms with E-state index in [1.165, 1.54) is 6.20 Å². The van der Waals surface area contributed by atoms with Crippen molar-refractivity contribution in [1.82, 2.24) is 4.98 Å². The van der Waals surface area contributed by atoms with Crippen LogP contribution in [0.25, 0.3) is 10.9 Å². The number of ether oxygens (including phenoxy) is 2. The van der Waals surface area contributed by atoms with Gasteiger partial charge >= 0.3 is 0 Å². The summed E-state index contributed by atoms with van der Waals surface area (Å²) < 4.78 is 10.7. The number of aromatic nitrogens is 1. The molecule has 29 heavy (non-hydrogen) atoms. The summed E-state index contributed by atoms with van der Waals surface area (Å²) >= 11 is 0. The second kappa shape index (κ2) is 8.76. The Kier molecular flexibility index (Phi) is 6.16. The molecule has 1 atom stereocenters. The monoisotopic (exact) mass is 396 g/mol. The summed E-state index contributed by atoms with van der Waals surface area (Å²) in [6, 6.07) is 10.4. The molecule has 6 N–H and O–H groups in total. The van der Waals surface area contributed by atoms with E-state index < -0.39 is 5.91 Å². The number of aliphatic hydroxyl groups excluding tert-OH is 1. The first kappa shape index (κ1) is 20.4. The number of rotatable bonds is 8. The van der Waals surface area contributed by atoms with Crippen molar-refractivity contribution in [2.75, 3.05) is 26.1 Å². The van der Waals surface area contributed by atoms with Crippen molar-refractivity contribution >= 4 is 22.5 Å². The molecule has 3 rings (SSSR count). The number of carbonyl (C=O) groups excluding carboxylic acids is 1. The predicted octanol–water partition coefficient (Wildman–Crippen LogP) is 1.96. The highest BCUT2D eigenvalue weighted by Crippen LogP contribution is 2.34. The average molecular weight is 396 g/mol. The smallest absolute Gasteiger partial charge is 0.250 e. The Bertz CT molecular complexity index is 1040. The Balaban J connectivity index is 2.10. The van der Waals surface area contributed by atoms with Crippen LogP contribution in [-0.4, -0.2) is 36.8 Å². The number of primary amides is 1. The maximum Gasteiger partial charge on any atom is 0.250 e. The molecule has 2 aromatic carbocycles. The van der Waals surface area contributed by atoms with Gasteiger partial charge in [0.2, 0.25) is 0 Å². The van der Waals surface area contributed by atoms with Crippen molar-refractivity contribution in [2.24, 2.45) is 11.5 Å². The summed E-state index contributed by atoms with van der Waals surface area (Å²) in [6.07, 6.45) is 1.53. The number of nitrogens with two attached hydrogens (primary N) is 2. The quantitative estimate of drug-likeness (QED) is 0.457. The van der Waals surface area contributed by atoms with Crippen molar-refractivity contribution in [1.29, 1.82) is 0 Å². The molecular formula is C21H24N4O4. The Morgan fingerprint density at radius 1 is 1.21 bits per heavy atom. The predicted molar refractivity (Wildman–Crippen MR) is 111 cm³/mol. The molecule has 0 aliphatic rings. The molecule has 0 spiro atoms. The summed E-state index contributed by atoms with van der Waals surface area (Å²) in [5.41, 5.74) is 14.4. The maximum absolute atomic E-state index is 11.8. The zero-order valence-electron chi connectivity index (χ0n) is 16.3. The lowest BCUT2D eigenvalue weighted by atomic mass is 10.0. The highest BCUT2D eigenvalue weighted by atomic mass is 16.5. The summed E-state index contributed by atoms with van der Waals surface area (Å²) in [4.78, 5) is 16.1. The maximum atomic E-state index is 11.8. The Morgan fingerprint density at radius 2 is 1.97 bits per heavy atom. The van der Waals surface area contributed by atoms with E-state index >= 15 is 0 Å². The van der Waals surface area contributed by atoms with Gasteiger partial charge in [-0.1, -0.05) is 18.2 Å². The van der Waals surface area contributed by atoms with Gasteiger partial charge in [-0.3, -0.25) is 9.78 Å². The third-order valence-electron chi connectivity index (χ3n) is 4.78. The van der Waals surface area contributed by atoms with E-state index in [0.29, 0.717) is 39.2 Å². The Labute approximate surface area is 168 Å². The molecule has 152 valence electrons. The number of carbonyl (C=O) groups is 1. The number of nitrogens with one attached hydrogen (secondary N) is 1. The number of para-hydroxylation sites is 1. The van der Waals surface area contributed by atoms with Crippen LogP contribution in [0, 0.1) is 0 Å². The fourth-order valence-corrected chi connectivity index (χ4v) is 3.28. The van der Waals surface area contributed by atoms with Crippen LogP contribution in [0.1, 0.15) is 27.5 Å². The second-order valence-electron chi connectivity index (χ2n) is 6.43. The van der Waals surface area contributed by atoms with Crippen LogP contribution in [0.5, 0.6) is 11.5 Å². The van der Waals surface area contributed by atoms with Gasteiger partial charge in [0.25, 0.3) is 5.91 Å². The average Bonchev–Trinajstić information content (AvgIpc) is 2.76. The van der Waals surface area contributed by atoms with Crippen LogP contribution in [-0.2, 0) is 6.61 Å². The number of hydrogen-bond donors (Lipinski definition) is 4. The summed E-state index contributed by atoms with van der Waals surface area (Å²) in [7, 11) is 3.14. The fourth-order valence-electron chi connectivity index (χ4n) is 3.28. The van der Waals surface area contributed by atoms with E-state index in [2.05, 4.69) is 10.3 Å². The van der Waals surface area contributed by atoms with Gasteiger partial charge in [-0.2, -0.15) is 0 Å². The van der Waals surface area contributed by atoms with Crippen LogP contribution in [0.4, 0.5) is 5.69 Å². The van der Waals surface area contributed by atoms with Gasteiger partial charge < -0.3 is 31.4 Å². The van der Waals surface area contributed by atoms with Gasteiger partial charge in [0.05, 0.1) is 43.6 Å². The summed E-state index contributed by atoms with van der Waals surface area (Å²) in [5.74, 6) is 0.632. The molecule has 0 saturated carbocycles. The van der Waals surface area contributed by atoms with E-state index in [-0.39, 0.29) is 19.2 Å². The van der Waals surface area contributed by atoms with Crippen molar-refractivity contribution < 1.29 is 19.4 Å². The zero-order chi connectivity index (χ0) is 21.0. The molecule has 1 unspecified atom stereocenters. The van der Waals surface area contributed by atoms with Crippen molar-refractivity contribution in [3.05, 3.63) is 59.3 Å². The first-order valence-corrected chi connectivity index (χ1v) is 9.03. The number of aliphatic hydroxyl groups is 1. The second-order valence-corrected chi connectivity index (χ2v) is 6.43. The molecule has 0 radical (unpaired) electrons. The standard InChI is InChI=1S/C21H24N4O4/c1-28-17-7-6-12(8-18(17)29-2)16(9-22)25-19-13(11-26)10-24-20-14(19)4-3-5-15(20)21(23)27/h3-8,10,16,26H,9,11,22H2,1-2H3,(H2,23,27)(H,24,25). The number of benzene rings is 2. The molecule has 3 aromatic rings. The first-order valence-electron chi connectivity index (χ1n) is 9.03. The molecule has 0 bridgehead atoms. The van der Waals surface area contributed by atoms with Crippen LogP contribution in [0.15, 0.2) is 42.6 Å². The number of nitrogens with zero attached hydrogens (tertiary/aromatic N) is 1. The molecule has 0 saturated heterocycles. The number of pyridine rings is 1. The number of amides is 1. The van der Waals surface area contributed by atoms with Crippen LogP contribution in [0.3, 0.4) is 0 Å². The highest BCUT2D eigenvalue weighted by molar-refractivity contribution is 6.08. The van der Waals surface area contributed by atoms with E-state index in [0.717, 1.165) is 5.56 Å². The van der Waals surface area contributed by atoms with Gasteiger partial charge in [0.15, 0.2) is 11.5 Å². The zero-order valence-corrected chi connectivity index (χ0v) is 16.3. The highest BCUT2D eigenvalue weighted by Gasteiger charge is 2.18. The molecule has 1 aromatic heterocycles. The van der Waals surface area contributed by atoms with Gasteiger partial charge in [-0.05, 0) is 23.8 Å². The van der Waals surface area contributed by atoms with Crippen LogP contribution >= 0.6 is 0 Å². The van der Waals surface area contributed by atoms with Crippen molar-refractivity contribution in [3.8, 4) is 11.5 Å². The first-order chi connectivity index (χ1) is 14.0. The van der Waals surface area contributed by atoms with Gasteiger partial charge in [0.1, 0.15) is 0 Å². The van der Waals surface area contributed by atoms with E-state index in [4.69, 9.17) is 20.9 Å². The summed E-state index contributed by atoms with van der Waals surface area (Å²) in [6.45, 7) is 0.0506. The molecule has 0 aliphatic heterocycles. The van der Waals surface area contributed by atoms with E-state index in [9.17, 15) is 9.90 Å². The van der Waals surface area contributed by atoms with Gasteiger partial charge in [-0.25, -0.2) is 0 Å². The third-order valence-corrected chi connectivity index (χ3v) is 4.78. The number of hydrogen-bond acceptors (Lipinski definition) is 7. The van der Waals surface area contributed by atoms with Crippen molar-refractivity contribution in [2.45, 2.75) is 12.6 Å². The fraction of sp³-hybridized carbons (Fsp3) is 0.238. The minimum absolute atomic E-state index is 0.227. The molecule has 8 heteroatoms. The number of anilines is 1. The van der Waals surface area contributed by atoms with E-state index in [1.807, 2.05) is 18.2 Å². The molecule has 1 amide bonds. The minimum Gasteiger partial charge on any atom is -0.493 e. The molecular weight excluding hydrogens is 372 g/mol. The SMILES string of the molecule is COc1ccc(C(CN)Nc2c(CO)cnc3c(C(N)=O)cccc23)cc1OC. The topological polar surface area (TPSA) is 133 Å². The third kappa shape index (κ3) is 3.94. The molecule has 0 aliphatic carbocycles. The Hall–Kier alpha value is -3.36. The normalized spacial score (nSPS) is 11.9. The summed E-state index contributed by atoms with van der Waals surface area (Å²) in [5, 5.41) is 13.9. The van der Waals surface area contributed by atoms with Gasteiger partial charge in [0, 0.05) is 23.7 Å². The van der Waals surface area contributed by atoms with Gasteiger partial charge in [-0.15, -0.1) is 0 Å². The minimum atomic E-state index is -0.568. The molecule has 8 nitrogen and oxygen atoms in total. The Morgan fingerprint density at radius 3 is 2.59 bits per heavy atom. The molecule has 1 heterocycles. The lowest BCUT2D eigenvalue weighted by Gasteiger charge is -2.23. The lowest BCUT2D eigenvalue weighted by Crippen LogP contribution is -2.22. The van der Waals surface area contributed by atoms with Crippen LogP contribution < -0.4 is 26.3 Å². The lowest BCUT2D eigenvalue weighted by molar-refractivity contribution is 0.100. The largest absolute Gasteiger partial charge is 0.493 e.